The van der Waals surface area contributed by atoms with Crippen molar-refractivity contribution in [1.29, 1.82) is 0 Å². The summed E-state index contributed by atoms with van der Waals surface area (Å²) in [7, 11) is -3.84. The second-order valence-electron chi connectivity index (χ2n) is 5.46. The van der Waals surface area contributed by atoms with E-state index in [9.17, 15) is 23.3 Å². The van der Waals surface area contributed by atoms with Gasteiger partial charge in [-0.1, -0.05) is 26.7 Å². The molecule has 9 nitrogen and oxygen atoms in total. The van der Waals surface area contributed by atoms with E-state index in [1.807, 2.05) is 6.92 Å². The molecule has 0 heterocycles. The standard InChI is InChI=1S/C15H22N4O5S/c1-3-5-6-7-25(23,24)13-8-10(4-2)11(9-12(13)19(21)22)14(20)18-15(16)17/h8-9H,3-7H2,1-2H3,(H4,16,17,18,20). The number of guanidine groups is 1. The van der Waals surface area contributed by atoms with Gasteiger partial charge in [0.1, 0.15) is 4.90 Å². The first-order valence-electron chi connectivity index (χ1n) is 7.82. The van der Waals surface area contributed by atoms with Crippen LogP contribution in [-0.2, 0) is 16.3 Å². The Balaban J connectivity index is 3.53. The monoisotopic (exact) mass is 370 g/mol. The minimum atomic E-state index is -3.84. The summed E-state index contributed by atoms with van der Waals surface area (Å²) in [6.45, 7) is 3.62. The molecule has 1 aromatic rings. The number of sulfone groups is 1. The summed E-state index contributed by atoms with van der Waals surface area (Å²) < 4.78 is 25.0. The molecule has 1 rings (SSSR count). The minimum absolute atomic E-state index is 0.0879. The predicted molar refractivity (Wildman–Crippen MR) is 94.2 cm³/mol. The number of carbonyl (C=O) groups is 1. The highest BCUT2D eigenvalue weighted by Crippen LogP contribution is 2.30. The fourth-order valence-corrected chi connectivity index (χ4v) is 3.90. The lowest BCUT2D eigenvalue weighted by Gasteiger charge is -2.10. The van der Waals surface area contributed by atoms with Crippen molar-refractivity contribution in [2.75, 3.05) is 5.75 Å². The molecule has 0 atom stereocenters. The van der Waals surface area contributed by atoms with E-state index in [1.54, 1.807) is 6.92 Å². The molecule has 0 saturated carbocycles. The fraction of sp³-hybridized carbons (Fsp3) is 0.467. The molecule has 0 spiro atoms. The number of benzene rings is 1. The van der Waals surface area contributed by atoms with E-state index in [-0.39, 0.29) is 22.6 Å². The summed E-state index contributed by atoms with van der Waals surface area (Å²) >= 11 is 0. The Labute approximate surface area is 146 Å². The molecule has 4 N–H and O–H groups in total. The molecule has 0 aromatic heterocycles. The molecule has 0 aliphatic rings. The van der Waals surface area contributed by atoms with Gasteiger partial charge in [-0.25, -0.2) is 8.42 Å². The van der Waals surface area contributed by atoms with Gasteiger partial charge in [0.2, 0.25) is 0 Å². The molecule has 0 bridgehead atoms. The van der Waals surface area contributed by atoms with Crippen LogP contribution in [0.3, 0.4) is 0 Å². The zero-order chi connectivity index (χ0) is 19.2. The third kappa shape index (κ3) is 5.24. The van der Waals surface area contributed by atoms with Crippen LogP contribution in [-0.4, -0.2) is 31.0 Å². The van der Waals surface area contributed by atoms with Crippen molar-refractivity contribution in [2.24, 2.45) is 16.5 Å². The van der Waals surface area contributed by atoms with Crippen LogP contribution in [0, 0.1) is 10.1 Å². The van der Waals surface area contributed by atoms with E-state index in [0.717, 1.165) is 12.5 Å². The summed E-state index contributed by atoms with van der Waals surface area (Å²) in [6, 6.07) is 2.11. The van der Waals surface area contributed by atoms with Crippen LogP contribution in [0.1, 0.15) is 49.0 Å². The molecule has 0 aliphatic carbocycles. The van der Waals surface area contributed by atoms with Crippen molar-refractivity contribution >= 4 is 27.4 Å². The van der Waals surface area contributed by atoms with Crippen LogP contribution in [0.15, 0.2) is 22.0 Å². The summed E-state index contributed by atoms with van der Waals surface area (Å²) in [6.07, 6.45) is 2.22. The molecule has 1 aromatic carbocycles. The normalized spacial score (nSPS) is 11.1. The first-order valence-corrected chi connectivity index (χ1v) is 9.47. The maximum Gasteiger partial charge on any atom is 0.288 e. The quantitative estimate of drug-likeness (QED) is 0.231. The number of aliphatic imine (C=N–C) groups is 1. The van der Waals surface area contributed by atoms with E-state index in [4.69, 9.17) is 11.5 Å². The van der Waals surface area contributed by atoms with Crippen molar-refractivity contribution < 1.29 is 18.1 Å². The first-order chi connectivity index (χ1) is 11.6. The molecule has 10 heteroatoms. The van der Waals surface area contributed by atoms with Gasteiger partial charge in [-0.2, -0.15) is 4.99 Å². The molecular formula is C15H22N4O5S. The molecule has 25 heavy (non-hydrogen) atoms. The van der Waals surface area contributed by atoms with Gasteiger partial charge in [0.15, 0.2) is 15.8 Å². The van der Waals surface area contributed by atoms with Crippen LogP contribution in [0.2, 0.25) is 0 Å². The highest BCUT2D eigenvalue weighted by molar-refractivity contribution is 7.91. The number of rotatable bonds is 8. The van der Waals surface area contributed by atoms with Crippen LogP contribution >= 0.6 is 0 Å². The fourth-order valence-electron chi connectivity index (χ4n) is 2.32. The predicted octanol–water partition coefficient (Wildman–Crippen LogP) is 1.53. The lowest BCUT2D eigenvalue weighted by Crippen LogP contribution is -2.24. The molecule has 0 fully saturated rings. The van der Waals surface area contributed by atoms with Crippen LogP contribution in [0.25, 0.3) is 0 Å². The first kappa shape index (κ1) is 20.6. The third-order valence-electron chi connectivity index (χ3n) is 3.58. The third-order valence-corrected chi connectivity index (χ3v) is 5.40. The van der Waals surface area contributed by atoms with E-state index in [2.05, 4.69) is 4.99 Å². The maximum atomic E-state index is 12.5. The highest BCUT2D eigenvalue weighted by atomic mass is 32.2. The van der Waals surface area contributed by atoms with Gasteiger partial charge < -0.3 is 11.5 Å². The number of nitrogens with two attached hydrogens (primary N) is 2. The number of unbranched alkanes of at least 4 members (excludes halogenated alkanes) is 2. The SMILES string of the molecule is CCCCCS(=O)(=O)c1cc(CC)c(C(=O)N=C(N)N)cc1[N+](=O)[O-]. The van der Waals surface area contributed by atoms with Crippen molar-refractivity contribution in [1.82, 2.24) is 0 Å². The maximum absolute atomic E-state index is 12.5. The largest absolute Gasteiger partial charge is 0.370 e. The Bertz CT molecular complexity index is 798. The number of hydrogen-bond donors (Lipinski definition) is 2. The topological polar surface area (TPSA) is 159 Å². The Kier molecular flexibility index (Phi) is 7.04. The van der Waals surface area contributed by atoms with Gasteiger partial charge in [0.05, 0.1) is 16.2 Å². The number of hydrogen-bond acceptors (Lipinski definition) is 5. The van der Waals surface area contributed by atoms with Crippen molar-refractivity contribution in [3.8, 4) is 0 Å². The van der Waals surface area contributed by atoms with Gasteiger partial charge in [-0.3, -0.25) is 14.9 Å². The Morgan fingerprint density at radius 2 is 1.88 bits per heavy atom. The van der Waals surface area contributed by atoms with E-state index in [1.165, 1.54) is 6.07 Å². The van der Waals surface area contributed by atoms with Crippen molar-refractivity contribution in [2.45, 2.75) is 44.4 Å². The zero-order valence-electron chi connectivity index (χ0n) is 14.2. The van der Waals surface area contributed by atoms with Gasteiger partial charge >= 0.3 is 0 Å². The summed E-state index contributed by atoms with van der Waals surface area (Å²) in [4.78, 5) is 25.6. The second-order valence-corrected chi connectivity index (χ2v) is 7.53. The molecule has 1 amide bonds. The van der Waals surface area contributed by atoms with Crippen molar-refractivity contribution in [3.63, 3.8) is 0 Å². The molecular weight excluding hydrogens is 348 g/mol. The zero-order valence-corrected chi connectivity index (χ0v) is 15.0. The Morgan fingerprint density at radius 1 is 1.24 bits per heavy atom. The number of nitro benzene ring substituents is 1. The molecule has 0 radical (unpaired) electrons. The minimum Gasteiger partial charge on any atom is -0.370 e. The van der Waals surface area contributed by atoms with Crippen LogP contribution in [0.4, 0.5) is 5.69 Å². The number of carbonyl (C=O) groups excluding carboxylic acids is 1. The Morgan fingerprint density at radius 3 is 2.36 bits per heavy atom. The molecule has 0 aliphatic heterocycles. The van der Waals surface area contributed by atoms with Crippen LogP contribution in [0.5, 0.6) is 0 Å². The summed E-state index contributed by atoms with van der Waals surface area (Å²) in [5, 5.41) is 11.3. The lowest BCUT2D eigenvalue weighted by atomic mass is 10.0. The molecule has 0 unspecified atom stereocenters. The molecule has 138 valence electrons. The second kappa shape index (κ2) is 8.56. The highest BCUT2D eigenvalue weighted by Gasteiger charge is 2.29. The number of nitro groups is 1. The summed E-state index contributed by atoms with van der Waals surface area (Å²) in [5.74, 6) is -1.52. The molecule has 0 saturated heterocycles. The number of amides is 1. The number of nitrogens with zero attached hydrogens (tertiary/aromatic N) is 2. The van der Waals surface area contributed by atoms with Crippen LogP contribution < -0.4 is 11.5 Å². The van der Waals surface area contributed by atoms with Gasteiger partial charge in [-0.05, 0) is 24.5 Å². The summed E-state index contributed by atoms with van der Waals surface area (Å²) in [5.41, 5.74) is 9.92. The van der Waals surface area contributed by atoms with Gasteiger partial charge in [0.25, 0.3) is 11.6 Å². The lowest BCUT2D eigenvalue weighted by molar-refractivity contribution is -0.387. The van der Waals surface area contributed by atoms with E-state index >= 15 is 0 Å². The van der Waals surface area contributed by atoms with Gasteiger partial charge in [-0.15, -0.1) is 0 Å². The number of aryl methyl sites for hydroxylation is 1. The van der Waals surface area contributed by atoms with Gasteiger partial charge in [0, 0.05) is 6.07 Å². The average Bonchev–Trinajstić information content (AvgIpc) is 2.52. The van der Waals surface area contributed by atoms with Crippen molar-refractivity contribution in [3.05, 3.63) is 33.4 Å². The average molecular weight is 370 g/mol. The van der Waals surface area contributed by atoms with E-state index < -0.39 is 32.3 Å². The smallest absolute Gasteiger partial charge is 0.288 e. The van der Waals surface area contributed by atoms with E-state index in [0.29, 0.717) is 18.4 Å². The Hall–Kier alpha value is -2.49.